The lowest BCUT2D eigenvalue weighted by Gasteiger charge is -2.24. The van der Waals surface area contributed by atoms with Crippen molar-refractivity contribution in [2.45, 2.75) is 29.7 Å². The van der Waals surface area contributed by atoms with Gasteiger partial charge in [0.1, 0.15) is 0 Å². The van der Waals surface area contributed by atoms with E-state index in [-0.39, 0.29) is 12.3 Å². The molecule has 0 bridgehead atoms. The molecule has 1 rings (SSSR count). The van der Waals surface area contributed by atoms with Crippen molar-refractivity contribution in [2.24, 2.45) is 17.3 Å². The van der Waals surface area contributed by atoms with Crippen molar-refractivity contribution in [3.8, 4) is 0 Å². The van der Waals surface area contributed by atoms with Gasteiger partial charge in [-0.05, 0) is 29.4 Å². The number of rotatable bonds is 3. The normalized spacial score (nSPS) is 29.0. The summed E-state index contributed by atoms with van der Waals surface area (Å²) in [7, 11) is 0. The zero-order valence-corrected chi connectivity index (χ0v) is 12.5. The smallest absolute Gasteiger partial charge is 0.281 e. The molecule has 0 saturated heterocycles. The molecule has 1 nitrogen and oxygen atoms in total. The Balaban J connectivity index is 2.75. The van der Waals surface area contributed by atoms with Gasteiger partial charge in [-0.15, -0.1) is 0 Å². The van der Waals surface area contributed by atoms with Gasteiger partial charge in [0.25, 0.3) is 0 Å². The van der Waals surface area contributed by atoms with Gasteiger partial charge < -0.3 is 0 Å². The molecule has 0 aromatic rings. The maximum Gasteiger partial charge on any atom is 0.413 e. The van der Waals surface area contributed by atoms with Crippen molar-refractivity contribution in [3.05, 3.63) is 0 Å². The van der Waals surface area contributed by atoms with Crippen LogP contribution in [0.4, 0.5) is 13.2 Å². The molecule has 1 fully saturated rings. The fourth-order valence-electron chi connectivity index (χ4n) is 1.97. The van der Waals surface area contributed by atoms with Gasteiger partial charge in [-0.3, -0.25) is 4.79 Å². The van der Waals surface area contributed by atoms with E-state index in [0.29, 0.717) is 0 Å². The number of carbonyl (C=O) groups is 1. The molecule has 0 radical (unpaired) electrons. The molecule has 0 aromatic carbocycles. The molecule has 0 aliphatic heterocycles. The molecule has 0 unspecified atom stereocenters. The summed E-state index contributed by atoms with van der Waals surface area (Å²) >= 11 is 10.6. The van der Waals surface area contributed by atoms with Crippen LogP contribution in [-0.2, 0) is 4.79 Å². The highest BCUT2D eigenvalue weighted by Crippen LogP contribution is 2.65. The number of alkyl halides is 5. The van der Waals surface area contributed by atoms with E-state index in [4.69, 9.17) is 11.6 Å². The molecular weight excluding hydrogens is 376 g/mol. The Morgan fingerprint density at radius 3 is 2.06 bits per heavy atom. The lowest BCUT2D eigenvalue weighted by molar-refractivity contribution is -0.136. The Morgan fingerprint density at radius 1 is 1.38 bits per heavy atom. The second-order valence-corrected chi connectivity index (χ2v) is 8.76. The Kier molecular flexibility index (Phi) is 3.81. The van der Waals surface area contributed by atoms with Crippen LogP contribution in [0.25, 0.3) is 0 Å². The monoisotopic (exact) mass is 384 g/mol. The van der Waals surface area contributed by atoms with Gasteiger partial charge >= 0.3 is 6.18 Å². The summed E-state index contributed by atoms with van der Waals surface area (Å²) in [5.41, 5.74) is -0.461. The first-order valence-electron chi connectivity index (χ1n) is 4.55. The van der Waals surface area contributed by atoms with Crippen LogP contribution >= 0.6 is 43.5 Å². The molecule has 2 atom stereocenters. The summed E-state index contributed by atoms with van der Waals surface area (Å²) in [6, 6.07) is 0. The second kappa shape index (κ2) is 4.12. The quantitative estimate of drug-likeness (QED) is 0.517. The van der Waals surface area contributed by atoms with Crippen molar-refractivity contribution < 1.29 is 18.0 Å². The minimum Gasteiger partial charge on any atom is -0.281 e. The van der Waals surface area contributed by atoms with E-state index in [2.05, 4.69) is 31.9 Å². The van der Waals surface area contributed by atoms with Crippen LogP contribution in [0.15, 0.2) is 0 Å². The molecule has 1 aliphatic rings. The molecule has 0 N–H and O–H groups in total. The molecular formula is C9H10Br2ClF3O. The van der Waals surface area contributed by atoms with Crippen molar-refractivity contribution in [1.29, 1.82) is 0 Å². The van der Waals surface area contributed by atoms with Crippen LogP contribution in [0, 0.1) is 17.3 Å². The predicted molar refractivity (Wildman–Crippen MR) is 62.9 cm³/mol. The summed E-state index contributed by atoms with van der Waals surface area (Å²) in [6.07, 6.45) is -4.63. The third kappa shape index (κ3) is 2.58. The van der Waals surface area contributed by atoms with E-state index in [1.54, 1.807) is 13.8 Å². The fraction of sp³-hybridized carbons (Fsp3) is 0.889. The highest BCUT2D eigenvalue weighted by Gasteiger charge is 2.65. The Hall–Kier alpha value is 0.710. The van der Waals surface area contributed by atoms with Crippen molar-refractivity contribution in [1.82, 2.24) is 0 Å². The van der Waals surface area contributed by atoms with E-state index >= 15 is 0 Å². The maximum absolute atomic E-state index is 12.6. The van der Waals surface area contributed by atoms with Gasteiger partial charge in [-0.25, -0.2) is 0 Å². The van der Waals surface area contributed by atoms with E-state index in [1.807, 2.05) is 0 Å². The Bertz CT molecular complexity index is 314. The molecule has 94 valence electrons. The maximum atomic E-state index is 12.6. The Labute approximate surface area is 113 Å². The third-order valence-corrected chi connectivity index (χ3v) is 4.97. The summed E-state index contributed by atoms with van der Waals surface area (Å²) in [5, 5.41) is -0.562. The van der Waals surface area contributed by atoms with E-state index in [9.17, 15) is 18.0 Å². The average molecular weight is 386 g/mol. The highest BCUT2D eigenvalue weighted by molar-refractivity contribution is 9.25. The van der Waals surface area contributed by atoms with Gasteiger partial charge in [-0.2, -0.15) is 13.2 Å². The standard InChI is InChI=1S/C9H10Br2ClF3O/c1-7(2)4(5(7)6(12)16)3-8(10,11)9(13,14)15/h4-5H,3H2,1-2H3/t4-,5-/m0/s1. The van der Waals surface area contributed by atoms with E-state index in [0.717, 1.165) is 0 Å². The molecule has 0 heterocycles. The SMILES string of the molecule is CC1(C)[C@H](C(=O)Cl)[C@@H]1CC(Br)(Br)C(F)(F)F. The fourth-order valence-corrected chi connectivity index (χ4v) is 3.10. The lowest BCUT2D eigenvalue weighted by atomic mass is 10.1. The lowest BCUT2D eigenvalue weighted by Crippen LogP contribution is -2.33. The molecule has 0 aromatic heterocycles. The van der Waals surface area contributed by atoms with Crippen LogP contribution < -0.4 is 0 Å². The average Bonchev–Trinajstić information content (AvgIpc) is 2.49. The van der Waals surface area contributed by atoms with Crippen LogP contribution in [0.1, 0.15) is 20.3 Å². The van der Waals surface area contributed by atoms with Gasteiger partial charge in [0.15, 0.2) is 3.23 Å². The molecule has 1 aliphatic carbocycles. The van der Waals surface area contributed by atoms with Gasteiger partial charge in [0.2, 0.25) is 5.24 Å². The van der Waals surface area contributed by atoms with Crippen LogP contribution in [0.3, 0.4) is 0 Å². The van der Waals surface area contributed by atoms with Crippen LogP contribution in [-0.4, -0.2) is 14.7 Å². The zero-order valence-electron chi connectivity index (χ0n) is 8.54. The topological polar surface area (TPSA) is 17.1 Å². The molecule has 7 heteroatoms. The van der Waals surface area contributed by atoms with E-state index < -0.39 is 26.0 Å². The first-order chi connectivity index (χ1) is 6.91. The van der Waals surface area contributed by atoms with Crippen molar-refractivity contribution in [2.75, 3.05) is 0 Å². The van der Waals surface area contributed by atoms with Gasteiger partial charge in [-0.1, -0.05) is 45.7 Å². The molecule has 1 saturated carbocycles. The molecule has 0 spiro atoms. The number of carbonyl (C=O) groups excluding carboxylic acids is 1. The summed E-state index contributed by atoms with van der Waals surface area (Å²) in [6.45, 7) is 3.49. The summed E-state index contributed by atoms with van der Waals surface area (Å²) in [5.74, 6) is -0.858. The molecule has 0 amide bonds. The highest BCUT2D eigenvalue weighted by atomic mass is 79.9. The third-order valence-electron chi connectivity index (χ3n) is 3.19. The summed E-state index contributed by atoms with van der Waals surface area (Å²) < 4.78 is 35.6. The first kappa shape index (κ1) is 14.8. The van der Waals surface area contributed by atoms with Gasteiger partial charge in [0, 0.05) is 5.92 Å². The van der Waals surface area contributed by atoms with E-state index in [1.165, 1.54) is 0 Å². The minimum absolute atomic E-state index is 0.216. The largest absolute Gasteiger partial charge is 0.413 e. The minimum atomic E-state index is -4.41. The molecule has 16 heavy (non-hydrogen) atoms. The van der Waals surface area contributed by atoms with Gasteiger partial charge in [0.05, 0.1) is 0 Å². The number of halogens is 6. The van der Waals surface area contributed by atoms with Crippen molar-refractivity contribution in [3.63, 3.8) is 0 Å². The zero-order chi connectivity index (χ0) is 12.9. The number of hydrogen-bond donors (Lipinski definition) is 0. The van der Waals surface area contributed by atoms with Crippen LogP contribution in [0.5, 0.6) is 0 Å². The summed E-state index contributed by atoms with van der Waals surface area (Å²) in [4.78, 5) is 11.0. The van der Waals surface area contributed by atoms with Crippen LogP contribution in [0.2, 0.25) is 0 Å². The van der Waals surface area contributed by atoms with Crippen molar-refractivity contribution >= 4 is 48.7 Å². The Morgan fingerprint density at radius 2 is 1.81 bits per heavy atom. The first-order valence-corrected chi connectivity index (χ1v) is 6.51. The number of hydrogen-bond acceptors (Lipinski definition) is 1. The predicted octanol–water partition coefficient (Wildman–Crippen LogP) is 4.46. The second-order valence-electron chi connectivity index (χ2n) is 4.62.